The van der Waals surface area contributed by atoms with Crippen molar-refractivity contribution in [2.75, 3.05) is 13.1 Å². The summed E-state index contributed by atoms with van der Waals surface area (Å²) in [6.45, 7) is 0.903. The summed E-state index contributed by atoms with van der Waals surface area (Å²) in [6.07, 6.45) is 2.34. The number of H-pyrrole nitrogens is 1. The third-order valence-corrected chi connectivity index (χ3v) is 3.17. The molecule has 1 heterocycles. The highest BCUT2D eigenvalue weighted by atomic mass is 79.9. The second-order valence-corrected chi connectivity index (χ2v) is 4.41. The highest BCUT2D eigenvalue weighted by Crippen LogP contribution is 2.42. The summed E-state index contributed by atoms with van der Waals surface area (Å²) in [7, 11) is 0. The van der Waals surface area contributed by atoms with E-state index in [0.29, 0.717) is 24.7 Å². The number of amides is 1. The summed E-state index contributed by atoms with van der Waals surface area (Å²) < 4.78 is 0.791. The largest absolute Gasteiger partial charge is 0.349 e. The molecule has 2 rings (SSSR count). The van der Waals surface area contributed by atoms with Gasteiger partial charge in [-0.05, 0) is 28.8 Å². The zero-order valence-corrected chi connectivity index (χ0v) is 11.0. The fourth-order valence-electron chi connectivity index (χ4n) is 1.40. The first-order valence-electron chi connectivity index (χ1n) is 4.96. The van der Waals surface area contributed by atoms with Gasteiger partial charge in [-0.1, -0.05) is 0 Å². The molecule has 90 valence electrons. The molecule has 0 atom stereocenters. The SMILES string of the molecule is Cl.NCCNC(=O)c1n[nH]c(C2CC2)c1Br. The van der Waals surface area contributed by atoms with E-state index in [1.54, 1.807) is 0 Å². The number of carbonyl (C=O) groups excluding carboxylic acids is 1. The Hall–Kier alpha value is -0.590. The first-order chi connectivity index (χ1) is 7.24. The zero-order valence-electron chi connectivity index (χ0n) is 8.62. The summed E-state index contributed by atoms with van der Waals surface area (Å²) in [5.74, 6) is 0.360. The van der Waals surface area contributed by atoms with E-state index in [1.165, 1.54) is 12.8 Å². The fraction of sp³-hybridized carbons (Fsp3) is 0.556. The van der Waals surface area contributed by atoms with Gasteiger partial charge in [0.1, 0.15) is 0 Å². The van der Waals surface area contributed by atoms with Gasteiger partial charge in [0, 0.05) is 19.0 Å². The molecular weight excluding hydrogens is 295 g/mol. The predicted octanol–water partition coefficient (Wildman–Crippen LogP) is 1.16. The topological polar surface area (TPSA) is 83.8 Å². The van der Waals surface area contributed by atoms with Crippen LogP contribution in [0.25, 0.3) is 0 Å². The highest BCUT2D eigenvalue weighted by Gasteiger charge is 2.30. The number of nitrogens with one attached hydrogen (secondary N) is 2. The molecule has 16 heavy (non-hydrogen) atoms. The van der Waals surface area contributed by atoms with Gasteiger partial charge in [-0.2, -0.15) is 5.10 Å². The maximum absolute atomic E-state index is 11.6. The zero-order chi connectivity index (χ0) is 10.8. The molecule has 4 N–H and O–H groups in total. The molecule has 1 aliphatic carbocycles. The minimum atomic E-state index is -0.185. The van der Waals surface area contributed by atoms with Crippen LogP contribution in [0.2, 0.25) is 0 Å². The van der Waals surface area contributed by atoms with Crippen molar-refractivity contribution >= 4 is 34.2 Å². The van der Waals surface area contributed by atoms with Crippen LogP contribution in [0.4, 0.5) is 0 Å². The average molecular weight is 310 g/mol. The first-order valence-corrected chi connectivity index (χ1v) is 5.75. The number of hydrogen-bond donors (Lipinski definition) is 3. The molecule has 1 amide bonds. The predicted molar refractivity (Wildman–Crippen MR) is 66.9 cm³/mol. The Labute approximate surface area is 108 Å². The fourth-order valence-corrected chi connectivity index (χ4v) is 2.09. The number of nitrogens with zero attached hydrogens (tertiary/aromatic N) is 1. The molecule has 1 fully saturated rings. The molecule has 0 bridgehead atoms. The number of rotatable bonds is 4. The van der Waals surface area contributed by atoms with E-state index in [2.05, 4.69) is 31.4 Å². The lowest BCUT2D eigenvalue weighted by Gasteiger charge is -2.00. The number of carbonyl (C=O) groups is 1. The summed E-state index contributed by atoms with van der Waals surface area (Å²) in [4.78, 5) is 11.6. The molecule has 0 saturated heterocycles. The average Bonchev–Trinajstić information content (AvgIpc) is 2.99. The maximum atomic E-state index is 11.6. The normalized spacial score (nSPS) is 14.4. The molecule has 0 aliphatic heterocycles. The van der Waals surface area contributed by atoms with Crippen molar-refractivity contribution in [1.29, 1.82) is 0 Å². The molecule has 1 aliphatic rings. The molecule has 1 aromatic rings. The van der Waals surface area contributed by atoms with Gasteiger partial charge in [0.25, 0.3) is 5.91 Å². The summed E-state index contributed by atoms with van der Waals surface area (Å²) >= 11 is 3.40. The van der Waals surface area contributed by atoms with Gasteiger partial charge in [-0.25, -0.2) is 0 Å². The second-order valence-electron chi connectivity index (χ2n) is 3.62. The van der Waals surface area contributed by atoms with Crippen LogP contribution in [-0.4, -0.2) is 29.2 Å². The highest BCUT2D eigenvalue weighted by molar-refractivity contribution is 9.10. The Morgan fingerprint density at radius 3 is 2.88 bits per heavy atom. The number of hydrogen-bond acceptors (Lipinski definition) is 3. The van der Waals surface area contributed by atoms with Crippen LogP contribution >= 0.6 is 28.3 Å². The van der Waals surface area contributed by atoms with Crippen LogP contribution in [0.5, 0.6) is 0 Å². The monoisotopic (exact) mass is 308 g/mol. The van der Waals surface area contributed by atoms with E-state index < -0.39 is 0 Å². The number of aromatic nitrogens is 2. The third kappa shape index (κ3) is 2.75. The molecular formula is C9H14BrClN4O. The minimum Gasteiger partial charge on any atom is -0.349 e. The Bertz CT molecular complexity index is 378. The van der Waals surface area contributed by atoms with E-state index >= 15 is 0 Å². The van der Waals surface area contributed by atoms with Crippen LogP contribution in [0, 0.1) is 0 Å². The van der Waals surface area contributed by atoms with Crippen LogP contribution in [0.3, 0.4) is 0 Å². The molecule has 0 spiro atoms. The van der Waals surface area contributed by atoms with Gasteiger partial charge >= 0.3 is 0 Å². The number of nitrogens with two attached hydrogens (primary N) is 1. The van der Waals surface area contributed by atoms with Gasteiger partial charge in [0.15, 0.2) is 5.69 Å². The number of halogens is 2. The summed E-state index contributed by atoms with van der Waals surface area (Å²) in [5.41, 5.74) is 6.76. The van der Waals surface area contributed by atoms with E-state index in [-0.39, 0.29) is 18.3 Å². The lowest BCUT2D eigenvalue weighted by molar-refractivity contribution is 0.0949. The molecule has 0 unspecified atom stereocenters. The van der Waals surface area contributed by atoms with Gasteiger partial charge in [-0.3, -0.25) is 9.89 Å². The van der Waals surface area contributed by atoms with Gasteiger partial charge in [-0.15, -0.1) is 12.4 Å². The van der Waals surface area contributed by atoms with E-state index in [4.69, 9.17) is 5.73 Å². The third-order valence-electron chi connectivity index (χ3n) is 2.36. The summed E-state index contributed by atoms with van der Waals surface area (Å²) in [5, 5.41) is 9.60. The minimum absolute atomic E-state index is 0. The Morgan fingerprint density at radius 2 is 2.31 bits per heavy atom. The lowest BCUT2D eigenvalue weighted by Crippen LogP contribution is -2.29. The van der Waals surface area contributed by atoms with Crippen LogP contribution in [0.15, 0.2) is 4.47 Å². The van der Waals surface area contributed by atoms with Crippen molar-refractivity contribution in [2.45, 2.75) is 18.8 Å². The van der Waals surface area contributed by atoms with Crippen LogP contribution in [-0.2, 0) is 0 Å². The molecule has 0 radical (unpaired) electrons. The molecule has 0 aromatic carbocycles. The van der Waals surface area contributed by atoms with Crippen LogP contribution < -0.4 is 11.1 Å². The number of aromatic amines is 1. The first kappa shape index (κ1) is 13.5. The van der Waals surface area contributed by atoms with Crippen LogP contribution in [0.1, 0.15) is 34.9 Å². The molecule has 1 aromatic heterocycles. The van der Waals surface area contributed by atoms with Crippen molar-refractivity contribution in [3.63, 3.8) is 0 Å². The van der Waals surface area contributed by atoms with Crippen molar-refractivity contribution in [3.05, 3.63) is 15.9 Å². The smallest absolute Gasteiger partial charge is 0.273 e. The molecule has 7 heteroatoms. The van der Waals surface area contributed by atoms with Gasteiger partial charge < -0.3 is 11.1 Å². The van der Waals surface area contributed by atoms with Crippen molar-refractivity contribution < 1.29 is 4.79 Å². The second kappa shape index (κ2) is 5.65. The standard InChI is InChI=1S/C9H13BrN4O.ClH/c10-6-7(5-1-2-5)13-14-8(6)9(15)12-4-3-11;/h5H,1-4,11H2,(H,12,15)(H,13,14);1H. The summed E-state index contributed by atoms with van der Waals surface area (Å²) in [6, 6.07) is 0. The van der Waals surface area contributed by atoms with Crippen molar-refractivity contribution in [2.24, 2.45) is 5.73 Å². The Kier molecular flexibility index (Phi) is 4.76. The quantitative estimate of drug-likeness (QED) is 0.780. The Morgan fingerprint density at radius 1 is 1.62 bits per heavy atom. The van der Waals surface area contributed by atoms with Gasteiger partial charge in [0.05, 0.1) is 10.2 Å². The lowest BCUT2D eigenvalue weighted by atomic mass is 10.2. The van der Waals surface area contributed by atoms with Crippen molar-refractivity contribution in [3.8, 4) is 0 Å². The van der Waals surface area contributed by atoms with E-state index in [1.807, 2.05) is 0 Å². The maximum Gasteiger partial charge on any atom is 0.273 e. The van der Waals surface area contributed by atoms with E-state index in [9.17, 15) is 4.79 Å². The van der Waals surface area contributed by atoms with E-state index in [0.717, 1.165) is 10.2 Å². The molecule has 1 saturated carbocycles. The Balaban J connectivity index is 0.00000128. The molecule has 5 nitrogen and oxygen atoms in total. The van der Waals surface area contributed by atoms with Gasteiger partial charge in [0.2, 0.25) is 0 Å². The van der Waals surface area contributed by atoms with Crippen molar-refractivity contribution in [1.82, 2.24) is 15.5 Å².